The van der Waals surface area contributed by atoms with Gasteiger partial charge in [0.1, 0.15) is 0 Å². The quantitative estimate of drug-likeness (QED) is 0.740. The number of rotatable bonds is 1. The van der Waals surface area contributed by atoms with Crippen molar-refractivity contribution in [2.75, 3.05) is 0 Å². The summed E-state index contributed by atoms with van der Waals surface area (Å²) in [6.45, 7) is 4.21. The number of hydrogen-bond donors (Lipinski definition) is 2. The second-order valence-corrected chi connectivity index (χ2v) is 4.48. The standard InChI is InChI=1S/C15H14N2/c1-10-7-11(2)17-15(10)8-12-9-16-14-6-4-3-5-13(12)14/h3-9,17H,1-2H3/p+1/b12-8+. The van der Waals surface area contributed by atoms with Gasteiger partial charge in [-0.05, 0) is 37.6 Å². The Morgan fingerprint density at radius 3 is 2.76 bits per heavy atom. The van der Waals surface area contributed by atoms with Crippen molar-refractivity contribution in [2.24, 2.45) is 0 Å². The molecule has 0 atom stereocenters. The summed E-state index contributed by atoms with van der Waals surface area (Å²) >= 11 is 0. The maximum absolute atomic E-state index is 3.38. The van der Waals surface area contributed by atoms with Crippen LogP contribution in [0.25, 0.3) is 11.6 Å². The minimum absolute atomic E-state index is 1.18. The SMILES string of the molecule is Cc1cc(C)c(/C=C2\C=[NH+]c3ccccc32)[nH]1. The molecule has 0 radical (unpaired) electrons. The van der Waals surface area contributed by atoms with Gasteiger partial charge in [0.25, 0.3) is 0 Å². The number of aromatic amines is 1. The van der Waals surface area contributed by atoms with Crippen molar-refractivity contribution in [3.05, 3.63) is 52.8 Å². The number of benzene rings is 1. The molecule has 1 aliphatic heterocycles. The Morgan fingerprint density at radius 1 is 1.18 bits per heavy atom. The highest BCUT2D eigenvalue weighted by Gasteiger charge is 2.17. The van der Waals surface area contributed by atoms with Gasteiger partial charge in [-0.15, -0.1) is 0 Å². The Kier molecular flexibility index (Phi) is 2.22. The Balaban J connectivity index is 2.08. The van der Waals surface area contributed by atoms with Crippen molar-refractivity contribution >= 4 is 23.6 Å². The number of para-hydroxylation sites is 1. The maximum Gasteiger partial charge on any atom is 0.211 e. The van der Waals surface area contributed by atoms with Crippen LogP contribution in [-0.2, 0) is 0 Å². The van der Waals surface area contributed by atoms with E-state index < -0.39 is 0 Å². The van der Waals surface area contributed by atoms with Gasteiger partial charge in [0, 0.05) is 17.5 Å². The van der Waals surface area contributed by atoms with Crippen LogP contribution in [0.1, 0.15) is 22.5 Å². The van der Waals surface area contributed by atoms with E-state index in [0.29, 0.717) is 0 Å². The Hall–Kier alpha value is -2.09. The van der Waals surface area contributed by atoms with E-state index in [-0.39, 0.29) is 0 Å². The van der Waals surface area contributed by atoms with Gasteiger partial charge in [0.2, 0.25) is 5.69 Å². The predicted octanol–water partition coefficient (Wildman–Crippen LogP) is 1.97. The molecule has 0 spiro atoms. The molecule has 2 N–H and O–H groups in total. The number of aromatic nitrogens is 1. The molecule has 0 unspecified atom stereocenters. The smallest absolute Gasteiger partial charge is 0.211 e. The van der Waals surface area contributed by atoms with Gasteiger partial charge in [0.15, 0.2) is 6.21 Å². The minimum Gasteiger partial charge on any atom is -0.359 e. The fourth-order valence-electron chi connectivity index (χ4n) is 2.27. The molecule has 3 rings (SSSR count). The van der Waals surface area contributed by atoms with Crippen LogP contribution in [0.2, 0.25) is 0 Å². The van der Waals surface area contributed by atoms with E-state index >= 15 is 0 Å². The molecule has 17 heavy (non-hydrogen) atoms. The van der Waals surface area contributed by atoms with Crippen molar-refractivity contribution in [3.8, 4) is 0 Å². The molecule has 0 aliphatic carbocycles. The zero-order chi connectivity index (χ0) is 11.8. The van der Waals surface area contributed by atoms with Gasteiger partial charge in [-0.25, -0.2) is 4.99 Å². The first-order chi connectivity index (χ1) is 8.24. The lowest BCUT2D eigenvalue weighted by Crippen LogP contribution is -2.58. The second kappa shape index (κ2) is 3.74. The van der Waals surface area contributed by atoms with E-state index in [1.807, 2.05) is 6.07 Å². The van der Waals surface area contributed by atoms with Crippen LogP contribution in [0.15, 0.2) is 30.3 Å². The molecule has 84 valence electrons. The third kappa shape index (κ3) is 1.72. The zero-order valence-electron chi connectivity index (χ0n) is 10.0. The van der Waals surface area contributed by atoms with Crippen molar-refractivity contribution in [1.82, 2.24) is 4.98 Å². The van der Waals surface area contributed by atoms with Crippen LogP contribution in [0.4, 0.5) is 5.69 Å². The number of fused-ring (bicyclic) bond motifs is 1. The van der Waals surface area contributed by atoms with Gasteiger partial charge in [-0.1, -0.05) is 12.1 Å². The zero-order valence-corrected chi connectivity index (χ0v) is 10.0. The number of nitrogens with one attached hydrogen (secondary N) is 2. The molecule has 2 heterocycles. The number of H-pyrrole nitrogens is 1. The molecule has 0 amide bonds. The molecule has 2 aromatic rings. The van der Waals surface area contributed by atoms with Crippen LogP contribution in [0.3, 0.4) is 0 Å². The van der Waals surface area contributed by atoms with Gasteiger partial charge in [-0.2, -0.15) is 0 Å². The van der Waals surface area contributed by atoms with E-state index in [9.17, 15) is 0 Å². The molecule has 0 fully saturated rings. The van der Waals surface area contributed by atoms with Gasteiger partial charge < -0.3 is 4.98 Å². The molecule has 1 aromatic heterocycles. The van der Waals surface area contributed by atoms with E-state index in [0.717, 1.165) is 0 Å². The third-order valence-corrected chi connectivity index (χ3v) is 3.11. The summed E-state index contributed by atoms with van der Waals surface area (Å²) in [5.74, 6) is 0. The summed E-state index contributed by atoms with van der Waals surface area (Å²) in [6, 6.07) is 10.5. The third-order valence-electron chi connectivity index (χ3n) is 3.11. The fraction of sp³-hybridized carbons (Fsp3) is 0.133. The van der Waals surface area contributed by atoms with Crippen LogP contribution in [0, 0.1) is 13.8 Å². The normalized spacial score (nSPS) is 15.5. The fourth-order valence-corrected chi connectivity index (χ4v) is 2.27. The average Bonchev–Trinajstić information content (AvgIpc) is 2.85. The average molecular weight is 223 g/mol. The predicted molar refractivity (Wildman–Crippen MR) is 71.3 cm³/mol. The summed E-state index contributed by atoms with van der Waals surface area (Å²) in [5.41, 5.74) is 7.35. The van der Waals surface area contributed by atoms with Crippen LogP contribution in [0.5, 0.6) is 0 Å². The van der Waals surface area contributed by atoms with Crippen LogP contribution in [-0.4, -0.2) is 11.2 Å². The Morgan fingerprint density at radius 2 is 2.00 bits per heavy atom. The molecule has 1 aromatic carbocycles. The van der Waals surface area contributed by atoms with E-state index in [1.54, 1.807) is 0 Å². The first-order valence-electron chi connectivity index (χ1n) is 5.81. The number of aryl methyl sites for hydroxylation is 2. The summed E-state index contributed by atoms with van der Waals surface area (Å²) in [7, 11) is 0. The molecule has 0 saturated heterocycles. The van der Waals surface area contributed by atoms with Crippen molar-refractivity contribution in [2.45, 2.75) is 13.8 Å². The van der Waals surface area contributed by atoms with Gasteiger partial charge in [-0.3, -0.25) is 0 Å². The summed E-state index contributed by atoms with van der Waals surface area (Å²) in [5, 5.41) is 0. The summed E-state index contributed by atoms with van der Waals surface area (Å²) < 4.78 is 0. The second-order valence-electron chi connectivity index (χ2n) is 4.48. The minimum atomic E-state index is 1.18. The highest BCUT2D eigenvalue weighted by molar-refractivity contribution is 6.17. The van der Waals surface area contributed by atoms with Gasteiger partial charge >= 0.3 is 0 Å². The van der Waals surface area contributed by atoms with E-state index in [2.05, 4.69) is 60.4 Å². The topological polar surface area (TPSA) is 29.8 Å². The Bertz CT molecular complexity index is 630. The lowest BCUT2D eigenvalue weighted by molar-refractivity contribution is -0.342. The van der Waals surface area contributed by atoms with E-state index in [1.165, 1.54) is 33.8 Å². The van der Waals surface area contributed by atoms with E-state index in [4.69, 9.17) is 0 Å². The lowest BCUT2D eigenvalue weighted by atomic mass is 10.1. The van der Waals surface area contributed by atoms with Crippen LogP contribution >= 0.6 is 0 Å². The molecular formula is C15H15N2+. The highest BCUT2D eigenvalue weighted by Crippen LogP contribution is 2.24. The van der Waals surface area contributed by atoms with Crippen LogP contribution < -0.4 is 4.99 Å². The molecule has 0 saturated carbocycles. The molecular weight excluding hydrogens is 208 g/mol. The Labute approximate surface area is 101 Å². The molecule has 2 nitrogen and oxygen atoms in total. The van der Waals surface area contributed by atoms with Crippen molar-refractivity contribution in [1.29, 1.82) is 0 Å². The van der Waals surface area contributed by atoms with Crippen molar-refractivity contribution < 1.29 is 4.99 Å². The largest absolute Gasteiger partial charge is 0.359 e. The first-order valence-corrected chi connectivity index (χ1v) is 5.81. The maximum atomic E-state index is 3.38. The first kappa shape index (κ1) is 10.1. The van der Waals surface area contributed by atoms with Crippen molar-refractivity contribution in [3.63, 3.8) is 0 Å². The lowest BCUT2D eigenvalue weighted by Gasteiger charge is -1.95. The number of allylic oxidation sites excluding steroid dienone is 1. The summed E-state index contributed by atoms with van der Waals surface area (Å²) in [4.78, 5) is 6.67. The molecule has 1 aliphatic rings. The summed E-state index contributed by atoms with van der Waals surface area (Å²) in [6.07, 6.45) is 4.25. The highest BCUT2D eigenvalue weighted by atomic mass is 14.8. The monoisotopic (exact) mass is 223 g/mol. The van der Waals surface area contributed by atoms with Gasteiger partial charge in [0.05, 0.1) is 11.1 Å². The number of hydrogen-bond acceptors (Lipinski definition) is 0. The molecule has 0 bridgehead atoms. The molecule has 2 heteroatoms.